The number of carbonyl (C=O) groups excluding carboxylic acids is 1. The van der Waals surface area contributed by atoms with Gasteiger partial charge in [-0.1, -0.05) is 17.7 Å². The van der Waals surface area contributed by atoms with Crippen molar-refractivity contribution in [3.8, 4) is 0 Å². The van der Waals surface area contributed by atoms with Gasteiger partial charge in [0.2, 0.25) is 0 Å². The highest BCUT2D eigenvalue weighted by Gasteiger charge is 2.37. The highest BCUT2D eigenvalue weighted by Crippen LogP contribution is 2.26. The van der Waals surface area contributed by atoms with Crippen LogP contribution in [-0.2, 0) is 11.3 Å². The Labute approximate surface area is 119 Å². The summed E-state index contributed by atoms with van der Waals surface area (Å²) in [5, 5.41) is 0.359. The monoisotopic (exact) mass is 304 g/mol. The SMILES string of the molecule is O=C(/C=C1\CCCN1Cc1ccc(Cl)nc1)C(F)(F)F. The summed E-state index contributed by atoms with van der Waals surface area (Å²) in [5.41, 5.74) is 1.25. The van der Waals surface area contributed by atoms with Crippen molar-refractivity contribution < 1.29 is 18.0 Å². The van der Waals surface area contributed by atoms with Crippen molar-refractivity contribution in [2.24, 2.45) is 0 Å². The van der Waals surface area contributed by atoms with Crippen molar-refractivity contribution in [3.63, 3.8) is 0 Å². The molecule has 0 saturated carbocycles. The lowest BCUT2D eigenvalue weighted by Gasteiger charge is -2.20. The number of carbonyl (C=O) groups is 1. The van der Waals surface area contributed by atoms with Crippen molar-refractivity contribution in [1.29, 1.82) is 0 Å². The standard InChI is InChI=1S/C13H12ClF3N2O/c14-12-4-3-9(7-18-12)8-19-5-1-2-10(19)6-11(20)13(15,16)17/h3-4,6-7H,1-2,5,8H2/b10-6+. The van der Waals surface area contributed by atoms with Gasteiger partial charge in [0.25, 0.3) is 5.78 Å². The van der Waals surface area contributed by atoms with Crippen LogP contribution in [0.1, 0.15) is 18.4 Å². The first-order valence-corrected chi connectivity index (χ1v) is 6.41. The van der Waals surface area contributed by atoms with E-state index in [1.54, 1.807) is 23.2 Å². The molecule has 1 fully saturated rings. The van der Waals surface area contributed by atoms with E-state index in [1.807, 2.05) is 0 Å². The van der Waals surface area contributed by atoms with Crippen molar-refractivity contribution in [3.05, 3.63) is 40.8 Å². The van der Waals surface area contributed by atoms with E-state index in [9.17, 15) is 18.0 Å². The Kier molecular flexibility index (Phi) is 4.32. The van der Waals surface area contributed by atoms with Gasteiger partial charge < -0.3 is 4.90 Å². The molecule has 1 saturated heterocycles. The topological polar surface area (TPSA) is 33.2 Å². The highest BCUT2D eigenvalue weighted by atomic mass is 35.5. The molecule has 20 heavy (non-hydrogen) atoms. The highest BCUT2D eigenvalue weighted by molar-refractivity contribution is 6.29. The molecule has 0 spiro atoms. The molecule has 1 aliphatic rings. The largest absolute Gasteiger partial charge is 0.454 e. The van der Waals surface area contributed by atoms with Crippen LogP contribution in [0.5, 0.6) is 0 Å². The van der Waals surface area contributed by atoms with Gasteiger partial charge in [0.15, 0.2) is 0 Å². The molecule has 108 valence electrons. The first-order chi connectivity index (χ1) is 9.36. The van der Waals surface area contributed by atoms with Gasteiger partial charge in [-0.2, -0.15) is 13.2 Å². The Bertz CT molecular complexity index is 525. The minimum atomic E-state index is -4.82. The Morgan fingerprint density at radius 1 is 1.45 bits per heavy atom. The zero-order chi connectivity index (χ0) is 14.8. The van der Waals surface area contributed by atoms with E-state index >= 15 is 0 Å². The van der Waals surface area contributed by atoms with Gasteiger partial charge >= 0.3 is 6.18 Å². The average molecular weight is 305 g/mol. The molecular formula is C13H12ClF3N2O. The van der Waals surface area contributed by atoms with E-state index in [4.69, 9.17) is 11.6 Å². The number of alkyl halides is 3. The van der Waals surface area contributed by atoms with Gasteiger partial charge in [0, 0.05) is 31.1 Å². The maximum absolute atomic E-state index is 12.3. The maximum Gasteiger partial charge on any atom is 0.454 e. The fourth-order valence-corrected chi connectivity index (χ4v) is 2.16. The number of hydrogen-bond donors (Lipinski definition) is 0. The van der Waals surface area contributed by atoms with Crippen molar-refractivity contribution >= 4 is 17.4 Å². The third-order valence-corrected chi connectivity index (χ3v) is 3.23. The van der Waals surface area contributed by atoms with E-state index in [1.165, 1.54) is 0 Å². The molecule has 0 aromatic carbocycles. The average Bonchev–Trinajstić information content (AvgIpc) is 2.78. The molecular weight excluding hydrogens is 293 g/mol. The van der Waals surface area contributed by atoms with Crippen LogP contribution in [0.25, 0.3) is 0 Å². The van der Waals surface area contributed by atoms with Gasteiger partial charge in [0.05, 0.1) is 0 Å². The zero-order valence-corrected chi connectivity index (χ0v) is 11.2. The van der Waals surface area contributed by atoms with Gasteiger partial charge in [0.1, 0.15) is 5.15 Å². The second kappa shape index (κ2) is 5.83. The first kappa shape index (κ1) is 14.8. The smallest absolute Gasteiger partial charge is 0.370 e. The van der Waals surface area contributed by atoms with Crippen LogP contribution < -0.4 is 0 Å². The number of nitrogens with zero attached hydrogens (tertiary/aromatic N) is 2. The summed E-state index contributed by atoms with van der Waals surface area (Å²) in [5.74, 6) is -1.81. The van der Waals surface area contributed by atoms with E-state index < -0.39 is 12.0 Å². The third-order valence-electron chi connectivity index (χ3n) is 3.01. The second-order valence-electron chi connectivity index (χ2n) is 4.51. The lowest BCUT2D eigenvalue weighted by Crippen LogP contribution is -2.23. The molecule has 0 unspecified atom stereocenters. The summed E-state index contributed by atoms with van der Waals surface area (Å²) in [6.45, 7) is 1.04. The van der Waals surface area contributed by atoms with E-state index in [0.29, 0.717) is 36.4 Å². The summed E-state index contributed by atoms with van der Waals surface area (Å²) in [6.07, 6.45) is -1.34. The molecule has 1 aliphatic heterocycles. The molecule has 0 N–H and O–H groups in total. The molecule has 0 amide bonds. The van der Waals surface area contributed by atoms with E-state index in [-0.39, 0.29) is 0 Å². The molecule has 2 rings (SSSR count). The van der Waals surface area contributed by atoms with Gasteiger partial charge in [-0.3, -0.25) is 4.79 Å². The number of halogens is 4. The number of aromatic nitrogens is 1. The van der Waals surface area contributed by atoms with Crippen LogP contribution in [0.4, 0.5) is 13.2 Å². The lowest BCUT2D eigenvalue weighted by atomic mass is 10.2. The summed E-state index contributed by atoms with van der Waals surface area (Å²) in [4.78, 5) is 16.7. The first-order valence-electron chi connectivity index (χ1n) is 6.03. The van der Waals surface area contributed by atoms with Crippen LogP contribution in [-0.4, -0.2) is 28.4 Å². The van der Waals surface area contributed by atoms with Crippen molar-refractivity contribution in [2.75, 3.05) is 6.54 Å². The molecule has 2 heterocycles. The molecule has 0 aliphatic carbocycles. The van der Waals surface area contributed by atoms with Crippen molar-refractivity contribution in [1.82, 2.24) is 9.88 Å². The Morgan fingerprint density at radius 3 is 2.80 bits per heavy atom. The fourth-order valence-electron chi connectivity index (χ4n) is 2.05. The summed E-state index contributed by atoms with van der Waals surface area (Å²) >= 11 is 5.67. The molecule has 0 atom stereocenters. The number of rotatable bonds is 3. The molecule has 1 aromatic rings. The van der Waals surface area contributed by atoms with Crippen LogP contribution in [0.2, 0.25) is 5.15 Å². The lowest BCUT2D eigenvalue weighted by molar-refractivity contribution is -0.165. The number of likely N-dealkylation sites (tertiary alicyclic amines) is 1. The van der Waals surface area contributed by atoms with Crippen LogP contribution in [0.3, 0.4) is 0 Å². The Morgan fingerprint density at radius 2 is 2.20 bits per heavy atom. The van der Waals surface area contributed by atoms with E-state index in [0.717, 1.165) is 12.0 Å². The minimum Gasteiger partial charge on any atom is -0.370 e. The zero-order valence-electron chi connectivity index (χ0n) is 10.5. The number of hydrogen-bond acceptors (Lipinski definition) is 3. The fraction of sp³-hybridized carbons (Fsp3) is 0.385. The van der Waals surface area contributed by atoms with Gasteiger partial charge in [-0.15, -0.1) is 0 Å². The molecule has 0 bridgehead atoms. The van der Waals surface area contributed by atoms with E-state index in [2.05, 4.69) is 4.98 Å². The van der Waals surface area contributed by atoms with Crippen molar-refractivity contribution in [2.45, 2.75) is 25.6 Å². The normalized spacial score (nSPS) is 17.8. The summed E-state index contributed by atoms with van der Waals surface area (Å²) in [7, 11) is 0. The minimum absolute atomic E-state index is 0.359. The quantitative estimate of drug-likeness (QED) is 0.634. The number of ketones is 1. The third kappa shape index (κ3) is 3.72. The molecule has 0 radical (unpaired) electrons. The number of pyridine rings is 1. The predicted molar refractivity (Wildman–Crippen MR) is 68.0 cm³/mol. The number of allylic oxidation sites excluding steroid dienone is 2. The molecule has 3 nitrogen and oxygen atoms in total. The van der Waals surface area contributed by atoms with Gasteiger partial charge in [-0.25, -0.2) is 4.98 Å². The predicted octanol–water partition coefficient (Wildman–Crippen LogP) is 3.35. The summed E-state index contributed by atoms with van der Waals surface area (Å²) in [6, 6.07) is 3.38. The second-order valence-corrected chi connectivity index (χ2v) is 4.90. The van der Waals surface area contributed by atoms with Gasteiger partial charge in [-0.05, 0) is 24.5 Å². The summed E-state index contributed by atoms with van der Waals surface area (Å²) < 4.78 is 36.8. The van der Waals surface area contributed by atoms with Crippen LogP contribution >= 0.6 is 11.6 Å². The molecule has 1 aromatic heterocycles. The van der Waals surface area contributed by atoms with Crippen LogP contribution in [0.15, 0.2) is 30.1 Å². The Hall–Kier alpha value is -1.56. The molecule has 7 heteroatoms. The Balaban J connectivity index is 2.09. The van der Waals surface area contributed by atoms with Crippen LogP contribution in [0, 0.1) is 0 Å². The maximum atomic E-state index is 12.3.